The van der Waals surface area contributed by atoms with Crippen LogP contribution in [0.1, 0.15) is 139 Å². The number of aliphatic hydroxyl groups is 4. The van der Waals surface area contributed by atoms with Gasteiger partial charge in [-0.2, -0.15) is 0 Å². The molecule has 4 aliphatic rings. The van der Waals surface area contributed by atoms with Gasteiger partial charge in [-0.3, -0.25) is 9.59 Å². The molecule has 0 bridgehead atoms. The number of aromatic carboxylic acids is 1. The number of nitrogens with one attached hydrogen (secondary N) is 1. The number of rotatable bonds is 22. The van der Waals surface area contributed by atoms with Crippen molar-refractivity contribution in [1.82, 2.24) is 19.7 Å². The van der Waals surface area contributed by atoms with Gasteiger partial charge < -0.3 is 92.7 Å². The van der Waals surface area contributed by atoms with Crippen LogP contribution >= 0.6 is 11.8 Å². The monoisotopic (exact) mass is 1250 g/mol. The first-order chi connectivity index (χ1) is 40.8. The van der Waals surface area contributed by atoms with Gasteiger partial charge in [0.15, 0.2) is 18.7 Å². The lowest BCUT2D eigenvalue weighted by atomic mass is 9.73. The second kappa shape index (κ2) is 30.4. The molecule has 1 unspecified atom stereocenters. The molecule has 4 aliphatic heterocycles. The molecule has 1 aromatic heterocycles. The number of carboxylic acids is 1. The Kier molecular flexibility index (Phi) is 25.1. The fourth-order valence-corrected chi connectivity index (χ4v) is 13.8. The highest BCUT2D eigenvalue weighted by molar-refractivity contribution is 7.99. The van der Waals surface area contributed by atoms with Crippen LogP contribution in [-0.4, -0.2) is 221 Å². The number of aromatic nitrogens is 1. The number of carbonyl (C=O) groups excluding carboxylic acids is 2. The van der Waals surface area contributed by atoms with Crippen molar-refractivity contribution in [2.45, 2.75) is 224 Å². The number of thioether (sulfide) groups is 1. The first kappa shape index (κ1) is 72.0. The van der Waals surface area contributed by atoms with Gasteiger partial charge in [-0.1, -0.05) is 46.7 Å². The van der Waals surface area contributed by atoms with Gasteiger partial charge in [0.25, 0.3) is 0 Å². The van der Waals surface area contributed by atoms with E-state index in [-0.39, 0.29) is 69.9 Å². The van der Waals surface area contributed by atoms with E-state index in [1.807, 2.05) is 66.6 Å². The Morgan fingerprint density at radius 3 is 2.23 bits per heavy atom. The number of alkyl carbamates (subject to hydrolysis) is 1. The first-order valence-electron chi connectivity index (χ1n) is 30.8. The molecule has 3 saturated heterocycles. The van der Waals surface area contributed by atoms with Crippen molar-refractivity contribution in [3.8, 4) is 0 Å². The Bertz CT molecular complexity index is 2720. The quantitative estimate of drug-likeness (QED) is 0.0356. The maximum atomic E-state index is 14.8. The Labute approximate surface area is 517 Å². The third kappa shape index (κ3) is 16.9. The predicted molar refractivity (Wildman–Crippen MR) is 326 cm³/mol. The number of likely N-dealkylation sites (N-methyl/N-ethyl adjacent to an activating group) is 2. The molecule has 87 heavy (non-hydrogen) atoms. The van der Waals surface area contributed by atoms with Gasteiger partial charge in [-0.15, -0.1) is 11.8 Å². The molecule has 0 aliphatic carbocycles. The van der Waals surface area contributed by atoms with Gasteiger partial charge in [0.2, 0.25) is 5.43 Å². The van der Waals surface area contributed by atoms with Crippen molar-refractivity contribution in [3.05, 3.63) is 39.7 Å². The highest BCUT2D eigenvalue weighted by Gasteiger charge is 2.54. The van der Waals surface area contributed by atoms with Gasteiger partial charge in [-0.25, -0.2) is 9.59 Å². The maximum absolute atomic E-state index is 14.8. The number of cyclic esters (lactones) is 1. The molecule has 1 amide bonds. The zero-order valence-electron chi connectivity index (χ0n) is 54.2. The van der Waals surface area contributed by atoms with Gasteiger partial charge >= 0.3 is 18.0 Å². The molecule has 0 radical (unpaired) electrons. The number of amides is 1. The number of esters is 1. The van der Waals surface area contributed by atoms with Crippen molar-refractivity contribution < 1.29 is 87.4 Å². The SMILES string of the molecule is CC[C@H]1OC(=O)[C@H](C)[C@@H](O[C@H]2C[C@@](C)(OC)[C@@H](OC(=O)NCCOCCSc3cc4c5c(c3)c(=O)c(C(=O)O)cn5C(C)(C)OC4)[C@H](C)O2)[C@H](C)[C@@H](OC2O[C@H](C)C[C@H](N(C)C)[C@H]2O)[C@](C)(O)C[C@@H](C)/C(=N\OCCN(CC)CC)[C@H](C)[C@@H](O)[C@]1(C)O. The highest BCUT2D eigenvalue weighted by atomic mass is 32.2. The van der Waals surface area contributed by atoms with Crippen LogP contribution in [0.3, 0.4) is 0 Å². The summed E-state index contributed by atoms with van der Waals surface area (Å²) >= 11 is 1.43. The molecule has 0 spiro atoms. The van der Waals surface area contributed by atoms with Crippen molar-refractivity contribution in [2.24, 2.45) is 28.8 Å². The molecule has 25 heteroatoms. The van der Waals surface area contributed by atoms with Crippen LogP contribution in [0, 0.1) is 23.7 Å². The number of ether oxygens (including phenoxy) is 9. The van der Waals surface area contributed by atoms with Crippen molar-refractivity contribution >= 4 is 46.4 Å². The van der Waals surface area contributed by atoms with Gasteiger partial charge in [-0.05, 0) is 114 Å². The highest BCUT2D eigenvalue weighted by Crippen LogP contribution is 2.42. The number of aliphatic hydroxyl groups excluding tert-OH is 2. The van der Waals surface area contributed by atoms with E-state index in [1.54, 1.807) is 59.1 Å². The van der Waals surface area contributed by atoms with E-state index < -0.39 is 125 Å². The molecule has 18 atom stereocenters. The zero-order chi connectivity index (χ0) is 64.7. The molecule has 6 N–H and O–H groups in total. The van der Waals surface area contributed by atoms with Crippen molar-refractivity contribution in [1.29, 1.82) is 0 Å². The topological polar surface area (TPSA) is 298 Å². The standard InChI is InChI=1S/C62H101N5O19S/c1-18-45-62(14,76)52(70)36(6)47(64-80-24-22-66(19-2)20-3)34(4)30-60(12,75)53(85-57-50(69)44(65(15)16)27-35(5)81-57)37(7)51(38(8)56(73)83-45)84-46-31-61(13,77-17)54(39(9)82-46)86-58(74)63-21-23-78-25-26-87-41-28-40-33-79-59(10,11)67-32-43(55(71)72)49(68)42(29-41)48(40)67/h28-29,32,34-39,44-46,50-54,57,69-70,75-76H,18-27,30-31,33H2,1-17H3,(H,63,74)(H,71,72)/b64-47+/t34-,35-,36+,37+,38-,39+,44+,45-,46+,50-,51+,52-,53-,54+,57?,60-,61-,62-/m1/s1. The van der Waals surface area contributed by atoms with E-state index in [9.17, 15) is 44.7 Å². The number of benzene rings is 1. The second-order valence-electron chi connectivity index (χ2n) is 25.5. The van der Waals surface area contributed by atoms with E-state index in [0.717, 1.165) is 23.5 Å². The molecular weight excluding hydrogens is 1150 g/mol. The lowest BCUT2D eigenvalue weighted by Gasteiger charge is -2.49. The normalized spacial score (nSPS) is 35.7. The van der Waals surface area contributed by atoms with E-state index in [4.69, 9.17) is 47.5 Å². The number of hydrogen-bond acceptors (Lipinski definition) is 22. The van der Waals surface area contributed by atoms with Gasteiger partial charge in [0, 0.05) is 78.2 Å². The Morgan fingerprint density at radius 1 is 0.908 bits per heavy atom. The Morgan fingerprint density at radius 2 is 1.60 bits per heavy atom. The molecule has 6 rings (SSSR count). The number of hydrogen-bond donors (Lipinski definition) is 6. The summed E-state index contributed by atoms with van der Waals surface area (Å²) in [5.74, 6) is -5.19. The summed E-state index contributed by atoms with van der Waals surface area (Å²) in [6, 6.07) is 3.25. The summed E-state index contributed by atoms with van der Waals surface area (Å²) in [6.07, 6.45) is -9.78. The van der Waals surface area contributed by atoms with E-state index in [1.165, 1.54) is 32.0 Å². The average Bonchev–Trinajstić information content (AvgIpc) is 1.55. The zero-order valence-corrected chi connectivity index (χ0v) is 55.0. The fourth-order valence-electron chi connectivity index (χ4n) is 12.9. The third-order valence-electron chi connectivity index (χ3n) is 18.2. The minimum atomic E-state index is -2.01. The largest absolute Gasteiger partial charge is 0.477 e. The minimum Gasteiger partial charge on any atom is -0.477 e. The van der Waals surface area contributed by atoms with Crippen LogP contribution in [0.4, 0.5) is 4.79 Å². The van der Waals surface area contributed by atoms with Crippen LogP contribution in [0.5, 0.6) is 0 Å². The molecule has 1 aromatic carbocycles. The molecule has 0 saturated carbocycles. The van der Waals surface area contributed by atoms with Crippen LogP contribution in [0.15, 0.2) is 33.2 Å². The number of nitrogens with zero attached hydrogens (tertiary/aromatic N) is 4. The second-order valence-corrected chi connectivity index (χ2v) is 26.6. The smallest absolute Gasteiger partial charge is 0.407 e. The fraction of sp³-hybridized carbons (Fsp3) is 0.790. The van der Waals surface area contributed by atoms with Crippen LogP contribution in [0.25, 0.3) is 10.9 Å². The number of carboxylic acid groups (broad SMARTS) is 1. The van der Waals surface area contributed by atoms with Gasteiger partial charge in [0.1, 0.15) is 41.3 Å². The maximum Gasteiger partial charge on any atom is 0.407 e. The molecular formula is C62H101N5O19S. The number of pyridine rings is 1. The van der Waals surface area contributed by atoms with Crippen LogP contribution in [0.2, 0.25) is 0 Å². The van der Waals surface area contributed by atoms with Crippen molar-refractivity contribution in [3.63, 3.8) is 0 Å². The Balaban J connectivity index is 1.19. The van der Waals surface area contributed by atoms with Crippen molar-refractivity contribution in [2.75, 3.05) is 73.0 Å². The number of carbonyl (C=O) groups is 3. The third-order valence-corrected chi connectivity index (χ3v) is 19.1. The van der Waals surface area contributed by atoms with E-state index in [0.29, 0.717) is 35.3 Å². The molecule has 3 fully saturated rings. The minimum absolute atomic E-state index is 0.0198. The summed E-state index contributed by atoms with van der Waals surface area (Å²) in [5, 5.41) is 66.8. The molecule has 494 valence electrons. The van der Waals surface area contributed by atoms with E-state index in [2.05, 4.69) is 15.4 Å². The molecule has 2 aromatic rings. The Hall–Kier alpha value is -4.06. The summed E-state index contributed by atoms with van der Waals surface area (Å²) in [4.78, 5) is 64.3. The van der Waals surface area contributed by atoms with E-state index >= 15 is 0 Å². The summed E-state index contributed by atoms with van der Waals surface area (Å²) < 4.78 is 58.6. The number of oxime groups is 1. The number of methoxy groups -OCH3 is 1. The first-order valence-corrected chi connectivity index (χ1v) is 31.8. The van der Waals surface area contributed by atoms with Crippen LogP contribution in [-0.2, 0) is 64.6 Å². The summed E-state index contributed by atoms with van der Waals surface area (Å²) in [5.41, 5.74) is -5.07. The summed E-state index contributed by atoms with van der Waals surface area (Å²) in [6.45, 7) is 27.9. The molecule has 24 nitrogen and oxygen atoms in total. The average molecular weight is 1250 g/mol. The molecule has 5 heterocycles. The lowest BCUT2D eigenvalue weighted by Crippen LogP contribution is -2.61. The van der Waals surface area contributed by atoms with Gasteiger partial charge in [0.05, 0.1) is 73.1 Å². The van der Waals surface area contributed by atoms with Crippen LogP contribution < -0.4 is 10.7 Å². The predicted octanol–water partition coefficient (Wildman–Crippen LogP) is 5.71. The summed E-state index contributed by atoms with van der Waals surface area (Å²) in [7, 11) is 5.19. The lowest BCUT2D eigenvalue weighted by molar-refractivity contribution is -0.317.